The lowest BCUT2D eigenvalue weighted by Gasteiger charge is -2.01. The molecule has 0 aliphatic rings. The summed E-state index contributed by atoms with van der Waals surface area (Å²) in [5.41, 5.74) is 1.37. The van der Waals surface area contributed by atoms with Crippen molar-refractivity contribution in [2.24, 2.45) is 0 Å². The molecule has 0 spiro atoms. The SMILES string of the molecule is Cc1ccc2occ(-c3nnc(S(=O)(=O)C(C)C)s3)c(=O)c2c1. The number of fused-ring (bicyclic) bond motifs is 1. The Morgan fingerprint density at radius 3 is 2.65 bits per heavy atom. The summed E-state index contributed by atoms with van der Waals surface area (Å²) >= 11 is 0.878. The van der Waals surface area contributed by atoms with E-state index in [1.54, 1.807) is 26.0 Å². The van der Waals surface area contributed by atoms with Gasteiger partial charge in [-0.25, -0.2) is 8.42 Å². The summed E-state index contributed by atoms with van der Waals surface area (Å²) in [6.07, 6.45) is 1.30. The zero-order chi connectivity index (χ0) is 16.8. The van der Waals surface area contributed by atoms with Crippen LogP contribution < -0.4 is 5.43 Å². The highest BCUT2D eigenvalue weighted by molar-refractivity contribution is 7.93. The van der Waals surface area contributed by atoms with E-state index in [2.05, 4.69) is 10.2 Å². The van der Waals surface area contributed by atoms with E-state index in [0.29, 0.717) is 11.0 Å². The van der Waals surface area contributed by atoms with Gasteiger partial charge >= 0.3 is 0 Å². The van der Waals surface area contributed by atoms with Gasteiger partial charge < -0.3 is 4.42 Å². The molecule has 2 heterocycles. The second-order valence-corrected chi connectivity index (χ2v) is 9.10. The fourth-order valence-corrected chi connectivity index (χ4v) is 4.44. The lowest BCUT2D eigenvalue weighted by Crippen LogP contribution is -2.13. The van der Waals surface area contributed by atoms with Crippen LogP contribution in [0.15, 0.2) is 38.0 Å². The predicted molar refractivity (Wildman–Crippen MR) is 88.4 cm³/mol. The van der Waals surface area contributed by atoms with Gasteiger partial charge in [-0.15, -0.1) is 10.2 Å². The summed E-state index contributed by atoms with van der Waals surface area (Å²) < 4.78 is 29.6. The second kappa shape index (κ2) is 5.54. The lowest BCUT2D eigenvalue weighted by molar-refractivity contribution is 0.585. The van der Waals surface area contributed by atoms with Crippen molar-refractivity contribution in [3.63, 3.8) is 0 Å². The highest BCUT2D eigenvalue weighted by Crippen LogP contribution is 2.27. The Morgan fingerprint density at radius 2 is 1.96 bits per heavy atom. The minimum absolute atomic E-state index is 0.0914. The maximum atomic E-state index is 12.6. The van der Waals surface area contributed by atoms with Crippen LogP contribution in [-0.4, -0.2) is 23.9 Å². The molecule has 23 heavy (non-hydrogen) atoms. The van der Waals surface area contributed by atoms with Gasteiger partial charge in [0, 0.05) is 0 Å². The zero-order valence-corrected chi connectivity index (χ0v) is 14.4. The van der Waals surface area contributed by atoms with Gasteiger partial charge in [0.1, 0.15) is 11.8 Å². The molecule has 0 N–H and O–H groups in total. The van der Waals surface area contributed by atoms with E-state index >= 15 is 0 Å². The van der Waals surface area contributed by atoms with Crippen molar-refractivity contribution >= 4 is 32.1 Å². The largest absolute Gasteiger partial charge is 0.463 e. The van der Waals surface area contributed by atoms with Gasteiger partial charge in [-0.05, 0) is 32.9 Å². The van der Waals surface area contributed by atoms with Crippen molar-refractivity contribution < 1.29 is 12.8 Å². The van der Waals surface area contributed by atoms with E-state index in [-0.39, 0.29) is 20.3 Å². The Kier molecular flexibility index (Phi) is 3.81. The minimum Gasteiger partial charge on any atom is -0.463 e. The molecule has 0 saturated carbocycles. The number of hydrogen-bond donors (Lipinski definition) is 0. The average molecular weight is 350 g/mol. The fourth-order valence-electron chi connectivity index (χ4n) is 2.03. The van der Waals surface area contributed by atoms with Crippen LogP contribution in [0.25, 0.3) is 21.5 Å². The molecule has 0 fully saturated rings. The molecule has 0 unspecified atom stereocenters. The smallest absolute Gasteiger partial charge is 0.233 e. The molecule has 0 bridgehead atoms. The summed E-state index contributed by atoms with van der Waals surface area (Å²) in [7, 11) is -3.51. The van der Waals surface area contributed by atoms with E-state index in [9.17, 15) is 13.2 Å². The van der Waals surface area contributed by atoms with Gasteiger partial charge in [0.25, 0.3) is 0 Å². The number of sulfone groups is 1. The molecule has 0 aliphatic heterocycles. The molecule has 120 valence electrons. The van der Waals surface area contributed by atoms with Crippen LogP contribution in [0.2, 0.25) is 0 Å². The molecule has 0 aliphatic carbocycles. The van der Waals surface area contributed by atoms with Gasteiger partial charge in [-0.2, -0.15) is 0 Å². The molecule has 3 rings (SSSR count). The summed E-state index contributed by atoms with van der Waals surface area (Å²) in [5, 5.41) is 7.65. The molecule has 8 heteroatoms. The van der Waals surface area contributed by atoms with Crippen molar-refractivity contribution in [1.82, 2.24) is 10.2 Å². The number of hydrogen-bond acceptors (Lipinski definition) is 7. The Hall–Kier alpha value is -2.06. The third kappa shape index (κ3) is 2.68. The monoisotopic (exact) mass is 350 g/mol. The maximum Gasteiger partial charge on any atom is 0.233 e. The second-order valence-electron chi connectivity index (χ2n) is 5.45. The average Bonchev–Trinajstić information content (AvgIpc) is 2.98. The van der Waals surface area contributed by atoms with Gasteiger partial charge in [0.15, 0.2) is 5.01 Å². The Balaban J connectivity index is 2.17. The van der Waals surface area contributed by atoms with Crippen molar-refractivity contribution in [2.45, 2.75) is 30.4 Å². The molecule has 0 saturated heterocycles. The predicted octanol–water partition coefficient (Wildman–Crippen LogP) is 2.80. The third-order valence-electron chi connectivity index (χ3n) is 3.43. The quantitative estimate of drug-likeness (QED) is 0.721. The Bertz CT molecular complexity index is 1050. The summed E-state index contributed by atoms with van der Waals surface area (Å²) in [6.45, 7) is 5.02. The van der Waals surface area contributed by atoms with E-state index in [4.69, 9.17) is 4.42 Å². The molecule has 3 aromatic rings. The van der Waals surface area contributed by atoms with Crippen molar-refractivity contribution in [3.8, 4) is 10.6 Å². The first-order valence-electron chi connectivity index (χ1n) is 6.90. The summed E-state index contributed by atoms with van der Waals surface area (Å²) in [4.78, 5) is 12.6. The molecule has 0 radical (unpaired) electrons. The van der Waals surface area contributed by atoms with Gasteiger partial charge in [0.2, 0.25) is 19.6 Å². The van der Waals surface area contributed by atoms with Crippen molar-refractivity contribution in [1.29, 1.82) is 0 Å². The van der Waals surface area contributed by atoms with Gasteiger partial charge in [-0.3, -0.25) is 4.79 Å². The van der Waals surface area contributed by atoms with Crippen molar-refractivity contribution in [2.75, 3.05) is 0 Å². The van der Waals surface area contributed by atoms with Crippen LogP contribution in [-0.2, 0) is 9.84 Å². The van der Waals surface area contributed by atoms with Crippen LogP contribution in [0, 0.1) is 6.92 Å². The maximum absolute atomic E-state index is 12.6. The Labute approximate surface area is 136 Å². The highest BCUT2D eigenvalue weighted by atomic mass is 32.2. The molecular formula is C15H14N2O4S2. The van der Waals surface area contributed by atoms with E-state index in [1.165, 1.54) is 6.26 Å². The first-order chi connectivity index (χ1) is 10.8. The van der Waals surface area contributed by atoms with Crippen LogP contribution in [0.1, 0.15) is 19.4 Å². The van der Waals surface area contributed by atoms with Crippen LogP contribution in [0.5, 0.6) is 0 Å². The first kappa shape index (κ1) is 15.8. The zero-order valence-electron chi connectivity index (χ0n) is 12.7. The van der Waals surface area contributed by atoms with Gasteiger partial charge in [-0.1, -0.05) is 23.0 Å². The molecule has 0 amide bonds. The van der Waals surface area contributed by atoms with E-state index in [1.807, 2.05) is 13.0 Å². The topological polar surface area (TPSA) is 90.1 Å². The van der Waals surface area contributed by atoms with E-state index in [0.717, 1.165) is 16.9 Å². The highest BCUT2D eigenvalue weighted by Gasteiger charge is 2.25. The molecule has 1 aromatic carbocycles. The summed E-state index contributed by atoms with van der Waals surface area (Å²) in [5.74, 6) is 0. The first-order valence-corrected chi connectivity index (χ1v) is 9.27. The normalized spacial score (nSPS) is 12.2. The molecule has 2 aromatic heterocycles. The third-order valence-corrected chi connectivity index (χ3v) is 6.94. The molecule has 0 atom stereocenters. The standard InChI is InChI=1S/C15H14N2O4S2/c1-8(2)23(19,20)15-17-16-14(22-15)11-7-21-12-5-4-9(3)6-10(12)13(11)18/h4-8H,1-3H3. The fraction of sp³-hybridized carbons (Fsp3) is 0.267. The lowest BCUT2D eigenvalue weighted by atomic mass is 10.1. The van der Waals surface area contributed by atoms with Crippen molar-refractivity contribution in [3.05, 3.63) is 40.2 Å². The van der Waals surface area contributed by atoms with Crippen LogP contribution in [0.4, 0.5) is 0 Å². The number of nitrogens with zero attached hydrogens (tertiary/aromatic N) is 2. The minimum atomic E-state index is -3.51. The van der Waals surface area contributed by atoms with Crippen LogP contribution >= 0.6 is 11.3 Å². The number of rotatable bonds is 3. The number of benzene rings is 1. The van der Waals surface area contributed by atoms with Gasteiger partial charge in [0.05, 0.1) is 16.2 Å². The summed E-state index contributed by atoms with van der Waals surface area (Å²) in [6, 6.07) is 5.31. The molecule has 6 nitrogen and oxygen atoms in total. The van der Waals surface area contributed by atoms with Crippen LogP contribution in [0.3, 0.4) is 0 Å². The van der Waals surface area contributed by atoms with E-state index < -0.39 is 15.1 Å². The number of aromatic nitrogens is 2. The molecular weight excluding hydrogens is 336 g/mol. The Morgan fingerprint density at radius 1 is 1.22 bits per heavy atom. The number of aryl methyl sites for hydroxylation is 1.